The van der Waals surface area contributed by atoms with Crippen LogP contribution in [0.15, 0.2) is 0 Å². The van der Waals surface area contributed by atoms with Crippen molar-refractivity contribution in [2.24, 2.45) is 0 Å². The highest BCUT2D eigenvalue weighted by Crippen LogP contribution is 2.32. The van der Waals surface area contributed by atoms with E-state index in [4.69, 9.17) is 0 Å². The molecule has 0 aliphatic carbocycles. The second-order valence-corrected chi connectivity index (χ2v) is 4.88. The first-order valence-corrected chi connectivity index (χ1v) is 4.75. The zero-order chi connectivity index (χ0) is 9.69. The summed E-state index contributed by atoms with van der Waals surface area (Å²) in [6.07, 6.45) is 0.975. The molecule has 2 aliphatic rings. The Bertz CT molecular complexity index is 208. The average Bonchev–Trinajstić information content (AvgIpc) is 2.25. The van der Waals surface area contributed by atoms with E-state index in [0.29, 0.717) is 6.04 Å². The molecule has 0 amide bonds. The van der Waals surface area contributed by atoms with Gasteiger partial charge in [-0.15, -0.1) is 0 Å². The average molecular weight is 190 g/mol. The van der Waals surface area contributed by atoms with Gasteiger partial charge in [-0.1, -0.05) is 0 Å². The first-order chi connectivity index (χ1) is 5.88. The van der Waals surface area contributed by atoms with Crippen molar-refractivity contribution in [2.45, 2.75) is 37.8 Å². The van der Waals surface area contributed by atoms with Crippen LogP contribution in [0.3, 0.4) is 0 Å². The van der Waals surface area contributed by atoms with Gasteiger partial charge >= 0.3 is 0 Å². The Labute approximate surface area is 77.3 Å². The Morgan fingerprint density at radius 3 is 2.31 bits per heavy atom. The first-order valence-electron chi connectivity index (χ1n) is 4.75. The molecule has 4 heteroatoms. The SMILES string of the molecule is CC1(C)CC(N2CC(F)(F)C2)CN1. The third kappa shape index (κ3) is 1.83. The normalized spacial score (nSPS) is 37.4. The van der Waals surface area contributed by atoms with Crippen molar-refractivity contribution in [2.75, 3.05) is 19.6 Å². The summed E-state index contributed by atoms with van der Waals surface area (Å²) in [5.41, 5.74) is 0.121. The largest absolute Gasteiger partial charge is 0.310 e. The summed E-state index contributed by atoms with van der Waals surface area (Å²) in [4.78, 5) is 1.88. The molecule has 0 aromatic heterocycles. The van der Waals surface area contributed by atoms with Crippen molar-refractivity contribution in [3.8, 4) is 0 Å². The van der Waals surface area contributed by atoms with Crippen molar-refractivity contribution in [3.63, 3.8) is 0 Å². The molecule has 0 bridgehead atoms. The highest BCUT2D eigenvalue weighted by molar-refractivity contribution is 5.00. The van der Waals surface area contributed by atoms with Crippen LogP contribution < -0.4 is 5.32 Å². The third-order valence-electron chi connectivity index (χ3n) is 2.95. The minimum Gasteiger partial charge on any atom is -0.310 e. The van der Waals surface area contributed by atoms with E-state index >= 15 is 0 Å². The number of alkyl halides is 2. The number of nitrogens with one attached hydrogen (secondary N) is 1. The van der Waals surface area contributed by atoms with Crippen LogP contribution in [0, 0.1) is 0 Å². The molecule has 13 heavy (non-hydrogen) atoms. The molecule has 1 atom stereocenters. The maximum atomic E-state index is 12.6. The quantitative estimate of drug-likeness (QED) is 0.665. The van der Waals surface area contributed by atoms with Gasteiger partial charge in [-0.3, -0.25) is 4.90 Å². The molecule has 2 heterocycles. The van der Waals surface area contributed by atoms with Crippen molar-refractivity contribution in [1.29, 1.82) is 0 Å². The number of nitrogens with zero attached hydrogens (tertiary/aromatic N) is 1. The molecule has 0 aromatic carbocycles. The van der Waals surface area contributed by atoms with Crippen LogP contribution in [0.2, 0.25) is 0 Å². The Balaban J connectivity index is 1.86. The molecule has 76 valence electrons. The van der Waals surface area contributed by atoms with Gasteiger partial charge in [-0.2, -0.15) is 0 Å². The Morgan fingerprint density at radius 1 is 1.31 bits per heavy atom. The maximum absolute atomic E-state index is 12.6. The smallest absolute Gasteiger partial charge is 0.272 e. The van der Waals surface area contributed by atoms with Gasteiger partial charge in [-0.25, -0.2) is 8.78 Å². The number of likely N-dealkylation sites (tertiary alicyclic amines) is 1. The standard InChI is InChI=1S/C9H16F2N2/c1-8(2)3-7(4-12-8)13-5-9(10,11)6-13/h7,12H,3-6H2,1-2H3. The fourth-order valence-electron chi connectivity index (χ4n) is 2.19. The van der Waals surface area contributed by atoms with Crippen molar-refractivity contribution < 1.29 is 8.78 Å². The molecule has 0 aromatic rings. The fraction of sp³-hybridized carbons (Fsp3) is 1.00. The van der Waals surface area contributed by atoms with Crippen LogP contribution in [0.1, 0.15) is 20.3 Å². The third-order valence-corrected chi connectivity index (χ3v) is 2.95. The molecular formula is C9H16F2N2. The predicted octanol–water partition coefficient (Wildman–Crippen LogP) is 1.08. The summed E-state index contributed by atoms with van der Waals surface area (Å²) in [7, 11) is 0. The number of hydrogen-bond acceptors (Lipinski definition) is 2. The predicted molar refractivity (Wildman–Crippen MR) is 47.0 cm³/mol. The van der Waals surface area contributed by atoms with Crippen LogP contribution in [-0.4, -0.2) is 42.0 Å². The minimum absolute atomic E-state index is 0.0462. The van der Waals surface area contributed by atoms with Crippen LogP contribution in [0.5, 0.6) is 0 Å². The van der Waals surface area contributed by atoms with Gasteiger partial charge in [0.1, 0.15) is 0 Å². The highest BCUT2D eigenvalue weighted by Gasteiger charge is 2.48. The van der Waals surface area contributed by atoms with Gasteiger partial charge in [0.05, 0.1) is 13.1 Å². The Kier molecular flexibility index (Phi) is 1.90. The molecule has 0 radical (unpaired) electrons. The van der Waals surface area contributed by atoms with E-state index in [1.54, 1.807) is 0 Å². The van der Waals surface area contributed by atoms with Crippen molar-refractivity contribution >= 4 is 0 Å². The summed E-state index contributed by atoms with van der Waals surface area (Å²) in [6.45, 7) is 4.99. The lowest BCUT2D eigenvalue weighted by Gasteiger charge is -2.42. The zero-order valence-corrected chi connectivity index (χ0v) is 8.11. The zero-order valence-electron chi connectivity index (χ0n) is 8.11. The highest BCUT2D eigenvalue weighted by atomic mass is 19.3. The molecule has 2 fully saturated rings. The van der Waals surface area contributed by atoms with Gasteiger partial charge < -0.3 is 5.32 Å². The molecule has 1 unspecified atom stereocenters. The van der Waals surface area contributed by atoms with Crippen molar-refractivity contribution in [1.82, 2.24) is 10.2 Å². The topological polar surface area (TPSA) is 15.3 Å². The summed E-state index contributed by atoms with van der Waals surface area (Å²) in [6, 6.07) is 0.314. The second-order valence-electron chi connectivity index (χ2n) is 4.88. The lowest BCUT2D eigenvalue weighted by atomic mass is 9.98. The van der Waals surface area contributed by atoms with Gasteiger partial charge in [0.15, 0.2) is 0 Å². The summed E-state index contributed by atoms with van der Waals surface area (Å²) in [5, 5.41) is 3.34. The molecule has 0 saturated carbocycles. The van der Waals surface area contributed by atoms with Crippen molar-refractivity contribution in [3.05, 3.63) is 0 Å². The van der Waals surface area contributed by atoms with E-state index in [1.807, 2.05) is 4.90 Å². The van der Waals surface area contributed by atoms with E-state index in [2.05, 4.69) is 19.2 Å². The maximum Gasteiger partial charge on any atom is 0.272 e. The molecular weight excluding hydrogens is 174 g/mol. The Hall–Kier alpha value is -0.220. The number of halogens is 2. The van der Waals surface area contributed by atoms with Crippen LogP contribution >= 0.6 is 0 Å². The van der Waals surface area contributed by atoms with Gasteiger partial charge in [0.2, 0.25) is 0 Å². The van der Waals surface area contributed by atoms with Crippen LogP contribution in [-0.2, 0) is 0 Å². The summed E-state index contributed by atoms with van der Waals surface area (Å²) in [5.74, 6) is -2.42. The van der Waals surface area contributed by atoms with Crippen LogP contribution in [0.4, 0.5) is 8.78 Å². The number of hydrogen-bond donors (Lipinski definition) is 1. The first kappa shape index (κ1) is 9.34. The second kappa shape index (κ2) is 2.64. The van der Waals surface area contributed by atoms with Gasteiger partial charge in [-0.05, 0) is 20.3 Å². The van der Waals surface area contributed by atoms with E-state index in [9.17, 15) is 8.78 Å². The van der Waals surface area contributed by atoms with E-state index < -0.39 is 5.92 Å². The Morgan fingerprint density at radius 2 is 1.92 bits per heavy atom. The van der Waals surface area contributed by atoms with E-state index in [0.717, 1.165) is 13.0 Å². The van der Waals surface area contributed by atoms with Gasteiger partial charge in [0, 0.05) is 18.1 Å². The van der Waals surface area contributed by atoms with E-state index in [1.165, 1.54) is 0 Å². The number of rotatable bonds is 1. The monoisotopic (exact) mass is 190 g/mol. The lowest BCUT2D eigenvalue weighted by molar-refractivity contribution is -0.143. The lowest BCUT2D eigenvalue weighted by Crippen LogP contribution is -2.60. The summed E-state index contributed by atoms with van der Waals surface area (Å²) >= 11 is 0. The van der Waals surface area contributed by atoms with E-state index in [-0.39, 0.29) is 18.6 Å². The summed E-state index contributed by atoms with van der Waals surface area (Å²) < 4.78 is 25.1. The fourth-order valence-corrected chi connectivity index (χ4v) is 2.19. The molecule has 2 rings (SSSR count). The minimum atomic E-state index is -2.42. The van der Waals surface area contributed by atoms with Gasteiger partial charge in [0.25, 0.3) is 5.92 Å². The molecule has 2 nitrogen and oxygen atoms in total. The molecule has 2 saturated heterocycles. The molecule has 0 spiro atoms. The molecule has 1 N–H and O–H groups in total. The van der Waals surface area contributed by atoms with Crippen LogP contribution in [0.25, 0.3) is 0 Å². The molecule has 2 aliphatic heterocycles.